The summed E-state index contributed by atoms with van der Waals surface area (Å²) in [4.78, 5) is 0. The van der Waals surface area contributed by atoms with E-state index in [1.54, 1.807) is 0 Å². The summed E-state index contributed by atoms with van der Waals surface area (Å²) in [6.45, 7) is 1.21. The lowest BCUT2D eigenvalue weighted by atomic mass is 9.76. The molecule has 0 spiro atoms. The first kappa shape index (κ1) is 13.8. The van der Waals surface area contributed by atoms with Crippen molar-refractivity contribution in [1.82, 2.24) is 5.32 Å². The van der Waals surface area contributed by atoms with Gasteiger partial charge in [-0.05, 0) is 55.1 Å². The Kier molecular flexibility index (Phi) is 4.73. The molecule has 0 bridgehead atoms. The molecule has 0 radical (unpaired) electrons. The van der Waals surface area contributed by atoms with E-state index >= 15 is 0 Å². The van der Waals surface area contributed by atoms with Gasteiger partial charge in [-0.3, -0.25) is 0 Å². The summed E-state index contributed by atoms with van der Waals surface area (Å²) in [6.07, 6.45) is 6.84. The second kappa shape index (κ2) is 6.51. The molecule has 0 amide bonds. The van der Waals surface area contributed by atoms with Gasteiger partial charge in [0, 0.05) is 22.9 Å². The van der Waals surface area contributed by atoms with Crippen molar-refractivity contribution < 1.29 is 0 Å². The van der Waals surface area contributed by atoms with E-state index in [0.717, 1.165) is 22.2 Å². The van der Waals surface area contributed by atoms with Gasteiger partial charge in [-0.15, -0.1) is 0 Å². The maximum atomic E-state index is 5.93. The minimum atomic E-state index is 0.739. The SMILES string of the molecule is Clc1ccc(C2CC(NCC3CCCCS3)C2)cc1. The van der Waals surface area contributed by atoms with E-state index in [1.807, 2.05) is 12.1 Å². The molecule has 104 valence electrons. The molecule has 1 aliphatic heterocycles. The van der Waals surface area contributed by atoms with Gasteiger partial charge in [-0.25, -0.2) is 0 Å². The van der Waals surface area contributed by atoms with Gasteiger partial charge in [-0.2, -0.15) is 11.8 Å². The second-order valence-electron chi connectivity index (χ2n) is 5.81. The Balaban J connectivity index is 1.39. The van der Waals surface area contributed by atoms with Crippen molar-refractivity contribution in [2.75, 3.05) is 12.3 Å². The van der Waals surface area contributed by atoms with Crippen LogP contribution in [-0.2, 0) is 0 Å². The Morgan fingerprint density at radius 3 is 2.63 bits per heavy atom. The third kappa shape index (κ3) is 3.68. The molecule has 2 aliphatic rings. The Labute approximate surface area is 125 Å². The van der Waals surface area contributed by atoms with Crippen LogP contribution in [-0.4, -0.2) is 23.6 Å². The van der Waals surface area contributed by atoms with Gasteiger partial charge >= 0.3 is 0 Å². The van der Waals surface area contributed by atoms with Crippen LogP contribution in [0.3, 0.4) is 0 Å². The molecule has 1 N–H and O–H groups in total. The van der Waals surface area contributed by atoms with Crippen LogP contribution in [0.15, 0.2) is 24.3 Å². The Hall–Kier alpha value is -0.180. The van der Waals surface area contributed by atoms with E-state index in [2.05, 4.69) is 29.2 Å². The molecule has 1 aromatic carbocycles. The summed E-state index contributed by atoms with van der Waals surface area (Å²) in [7, 11) is 0. The lowest BCUT2D eigenvalue weighted by molar-refractivity contribution is 0.290. The summed E-state index contributed by atoms with van der Waals surface area (Å²) in [5.41, 5.74) is 1.45. The van der Waals surface area contributed by atoms with E-state index < -0.39 is 0 Å². The van der Waals surface area contributed by atoms with Gasteiger partial charge in [-0.1, -0.05) is 30.2 Å². The number of nitrogens with one attached hydrogen (secondary N) is 1. The smallest absolute Gasteiger partial charge is 0.0406 e. The molecule has 1 atom stereocenters. The van der Waals surface area contributed by atoms with Gasteiger partial charge < -0.3 is 5.32 Å². The minimum Gasteiger partial charge on any atom is -0.313 e. The molecule has 1 aliphatic carbocycles. The highest BCUT2D eigenvalue weighted by atomic mass is 35.5. The molecule has 1 heterocycles. The van der Waals surface area contributed by atoms with Crippen LogP contribution in [0.1, 0.15) is 43.6 Å². The van der Waals surface area contributed by atoms with Crippen molar-refractivity contribution in [1.29, 1.82) is 0 Å². The van der Waals surface area contributed by atoms with Gasteiger partial charge in [0.05, 0.1) is 0 Å². The summed E-state index contributed by atoms with van der Waals surface area (Å²) in [5, 5.41) is 5.46. The molecular weight excluding hydrogens is 274 g/mol. The topological polar surface area (TPSA) is 12.0 Å². The Bertz CT molecular complexity index is 394. The highest BCUT2D eigenvalue weighted by molar-refractivity contribution is 7.99. The zero-order valence-electron chi connectivity index (χ0n) is 11.3. The zero-order chi connectivity index (χ0) is 13.1. The van der Waals surface area contributed by atoms with Crippen molar-refractivity contribution in [3.05, 3.63) is 34.9 Å². The van der Waals surface area contributed by atoms with Crippen molar-refractivity contribution in [2.24, 2.45) is 0 Å². The first-order chi connectivity index (χ1) is 9.31. The summed E-state index contributed by atoms with van der Waals surface area (Å²) in [5.74, 6) is 2.11. The first-order valence-electron chi connectivity index (χ1n) is 7.42. The predicted molar refractivity (Wildman–Crippen MR) is 85.3 cm³/mol. The average Bonchev–Trinajstić information content (AvgIpc) is 2.40. The number of thioether (sulfide) groups is 1. The largest absolute Gasteiger partial charge is 0.313 e. The molecule has 1 unspecified atom stereocenters. The fourth-order valence-corrected chi connectivity index (χ4v) is 4.44. The maximum absolute atomic E-state index is 5.93. The lowest BCUT2D eigenvalue weighted by Crippen LogP contribution is -2.43. The van der Waals surface area contributed by atoms with E-state index in [0.29, 0.717) is 0 Å². The average molecular weight is 296 g/mol. The van der Waals surface area contributed by atoms with E-state index in [1.165, 1.54) is 50.0 Å². The third-order valence-electron chi connectivity index (χ3n) is 4.39. The normalized spacial score (nSPS) is 30.9. The van der Waals surface area contributed by atoms with Crippen LogP contribution in [0.5, 0.6) is 0 Å². The van der Waals surface area contributed by atoms with Crippen molar-refractivity contribution in [3.8, 4) is 0 Å². The quantitative estimate of drug-likeness (QED) is 0.880. The summed E-state index contributed by atoms with van der Waals surface area (Å²) < 4.78 is 0. The Morgan fingerprint density at radius 1 is 1.16 bits per heavy atom. The number of benzene rings is 1. The molecule has 2 fully saturated rings. The van der Waals surface area contributed by atoms with Crippen LogP contribution < -0.4 is 5.32 Å². The minimum absolute atomic E-state index is 0.739. The fraction of sp³-hybridized carbons (Fsp3) is 0.625. The lowest BCUT2D eigenvalue weighted by Gasteiger charge is -2.37. The molecule has 1 nitrogen and oxygen atoms in total. The first-order valence-corrected chi connectivity index (χ1v) is 8.84. The van der Waals surface area contributed by atoms with Crippen LogP contribution in [0.25, 0.3) is 0 Å². The summed E-state index contributed by atoms with van der Waals surface area (Å²) in [6, 6.07) is 9.12. The second-order valence-corrected chi connectivity index (χ2v) is 7.66. The number of hydrogen-bond donors (Lipinski definition) is 1. The standard InChI is InChI=1S/C16H22ClNS/c17-14-6-4-12(5-7-14)13-9-15(10-13)18-11-16-3-1-2-8-19-16/h4-7,13,15-16,18H,1-3,8-11H2. The number of rotatable bonds is 4. The van der Waals surface area contributed by atoms with E-state index in [9.17, 15) is 0 Å². The van der Waals surface area contributed by atoms with Gasteiger partial charge in [0.2, 0.25) is 0 Å². The van der Waals surface area contributed by atoms with Crippen LogP contribution in [0.4, 0.5) is 0 Å². The highest BCUT2D eigenvalue weighted by Crippen LogP contribution is 2.37. The summed E-state index contributed by atoms with van der Waals surface area (Å²) >= 11 is 8.09. The molecule has 1 saturated heterocycles. The monoisotopic (exact) mass is 295 g/mol. The van der Waals surface area contributed by atoms with Gasteiger partial charge in [0.1, 0.15) is 0 Å². The van der Waals surface area contributed by atoms with Gasteiger partial charge in [0.25, 0.3) is 0 Å². The van der Waals surface area contributed by atoms with Crippen molar-refractivity contribution >= 4 is 23.4 Å². The third-order valence-corrected chi connectivity index (χ3v) is 6.04. The molecule has 0 aromatic heterocycles. The Morgan fingerprint density at radius 2 is 1.95 bits per heavy atom. The van der Waals surface area contributed by atoms with Gasteiger partial charge in [0.15, 0.2) is 0 Å². The highest BCUT2D eigenvalue weighted by Gasteiger charge is 2.30. The van der Waals surface area contributed by atoms with E-state index in [-0.39, 0.29) is 0 Å². The molecule has 1 aromatic rings. The van der Waals surface area contributed by atoms with Crippen LogP contribution >= 0.6 is 23.4 Å². The molecule has 3 heteroatoms. The number of halogens is 1. The molecular formula is C16H22ClNS. The zero-order valence-corrected chi connectivity index (χ0v) is 12.8. The maximum Gasteiger partial charge on any atom is 0.0406 e. The molecule has 3 rings (SSSR count). The van der Waals surface area contributed by atoms with Crippen molar-refractivity contribution in [3.63, 3.8) is 0 Å². The van der Waals surface area contributed by atoms with Crippen LogP contribution in [0, 0.1) is 0 Å². The van der Waals surface area contributed by atoms with E-state index in [4.69, 9.17) is 11.6 Å². The molecule has 19 heavy (non-hydrogen) atoms. The molecule has 1 saturated carbocycles. The number of hydrogen-bond acceptors (Lipinski definition) is 2. The predicted octanol–water partition coefficient (Wildman–Crippen LogP) is 4.46. The fourth-order valence-electron chi connectivity index (χ4n) is 3.06. The van der Waals surface area contributed by atoms with Crippen molar-refractivity contribution in [2.45, 2.75) is 49.3 Å². The van der Waals surface area contributed by atoms with Crippen LogP contribution in [0.2, 0.25) is 5.02 Å².